The molecule has 0 saturated heterocycles. The topological polar surface area (TPSA) is 12.0 Å². The molecule has 1 aromatic rings. The molecule has 1 aliphatic heterocycles. The van der Waals surface area contributed by atoms with Gasteiger partial charge in [-0.05, 0) is 37.3 Å². The van der Waals surface area contributed by atoms with Crippen LogP contribution in [0, 0.1) is 6.92 Å². The van der Waals surface area contributed by atoms with Gasteiger partial charge in [-0.25, -0.2) is 0 Å². The van der Waals surface area contributed by atoms with Gasteiger partial charge in [-0.2, -0.15) is 0 Å². The zero-order chi connectivity index (χ0) is 9.10. The smallest absolute Gasteiger partial charge is 0.0216 e. The average Bonchev–Trinajstić information content (AvgIpc) is 2.08. The molecule has 1 nitrogen and oxygen atoms in total. The minimum Gasteiger partial charge on any atom is -0.313 e. The molecular formula is C11H15NS. The minimum atomic E-state index is 1.03. The fourth-order valence-corrected chi connectivity index (χ4v) is 2.58. The number of fused-ring (bicyclic) bond motifs is 1. The summed E-state index contributed by atoms with van der Waals surface area (Å²) in [4.78, 5) is 1.46. The third-order valence-corrected chi connectivity index (χ3v) is 3.49. The largest absolute Gasteiger partial charge is 0.313 e. The van der Waals surface area contributed by atoms with Crippen LogP contribution in [0.1, 0.15) is 17.5 Å². The maximum absolute atomic E-state index is 3.46. The fourth-order valence-electron chi connectivity index (χ4n) is 1.59. The van der Waals surface area contributed by atoms with E-state index in [1.165, 1.54) is 28.2 Å². The molecule has 1 aromatic carbocycles. The first-order chi connectivity index (χ1) is 6.36. The first-order valence-electron chi connectivity index (χ1n) is 4.79. The van der Waals surface area contributed by atoms with E-state index in [0.717, 1.165) is 13.1 Å². The normalized spacial score (nSPS) is 17.3. The van der Waals surface area contributed by atoms with Crippen LogP contribution in [0.2, 0.25) is 0 Å². The van der Waals surface area contributed by atoms with Gasteiger partial charge in [-0.15, -0.1) is 11.8 Å². The summed E-state index contributed by atoms with van der Waals surface area (Å²) in [7, 11) is 0. The van der Waals surface area contributed by atoms with Crippen LogP contribution in [0.25, 0.3) is 0 Å². The van der Waals surface area contributed by atoms with Gasteiger partial charge in [0, 0.05) is 11.4 Å². The third kappa shape index (κ3) is 2.26. The second-order valence-corrected chi connectivity index (χ2v) is 4.63. The molecule has 1 aliphatic rings. The first kappa shape index (κ1) is 9.10. The van der Waals surface area contributed by atoms with Gasteiger partial charge in [-0.1, -0.05) is 17.7 Å². The van der Waals surface area contributed by atoms with Crippen molar-refractivity contribution in [3.05, 3.63) is 29.3 Å². The molecule has 1 heterocycles. The summed E-state index contributed by atoms with van der Waals surface area (Å²) in [5, 5.41) is 3.46. The van der Waals surface area contributed by atoms with Gasteiger partial charge < -0.3 is 5.32 Å². The second-order valence-electron chi connectivity index (χ2n) is 3.49. The molecule has 0 aromatic heterocycles. The van der Waals surface area contributed by atoms with Crippen molar-refractivity contribution in [2.45, 2.75) is 24.8 Å². The Morgan fingerprint density at radius 2 is 2.31 bits per heavy atom. The number of nitrogens with one attached hydrogen (secondary N) is 1. The zero-order valence-electron chi connectivity index (χ0n) is 7.97. The summed E-state index contributed by atoms with van der Waals surface area (Å²) in [6, 6.07) is 6.75. The Kier molecular flexibility index (Phi) is 2.91. The highest BCUT2D eigenvalue weighted by Crippen LogP contribution is 2.25. The van der Waals surface area contributed by atoms with Crippen LogP contribution in [0.4, 0.5) is 0 Å². The van der Waals surface area contributed by atoms with E-state index in [-0.39, 0.29) is 0 Å². The monoisotopic (exact) mass is 193 g/mol. The fraction of sp³-hybridized carbons (Fsp3) is 0.455. The molecule has 70 valence electrons. The molecule has 2 heteroatoms. The van der Waals surface area contributed by atoms with E-state index in [1.807, 2.05) is 11.8 Å². The Bertz CT molecular complexity index is 296. The highest BCUT2D eigenvalue weighted by molar-refractivity contribution is 7.99. The molecule has 0 unspecified atom stereocenters. The van der Waals surface area contributed by atoms with Gasteiger partial charge in [0.05, 0.1) is 0 Å². The van der Waals surface area contributed by atoms with Crippen molar-refractivity contribution in [3.63, 3.8) is 0 Å². The molecule has 13 heavy (non-hydrogen) atoms. The van der Waals surface area contributed by atoms with E-state index in [0.29, 0.717) is 0 Å². The number of hydrogen-bond donors (Lipinski definition) is 1. The van der Waals surface area contributed by atoms with Crippen molar-refractivity contribution in [2.75, 3.05) is 12.3 Å². The lowest BCUT2D eigenvalue weighted by molar-refractivity contribution is 0.666. The number of benzene rings is 1. The first-order valence-corrected chi connectivity index (χ1v) is 5.78. The van der Waals surface area contributed by atoms with Crippen molar-refractivity contribution in [1.82, 2.24) is 5.32 Å². The Labute approximate surface area is 83.9 Å². The molecule has 0 saturated carbocycles. The van der Waals surface area contributed by atoms with E-state index in [2.05, 4.69) is 30.4 Å². The van der Waals surface area contributed by atoms with Gasteiger partial charge >= 0.3 is 0 Å². The zero-order valence-corrected chi connectivity index (χ0v) is 8.79. The summed E-state index contributed by atoms with van der Waals surface area (Å²) in [6.07, 6.45) is 1.28. The Hall–Kier alpha value is -0.470. The van der Waals surface area contributed by atoms with Crippen molar-refractivity contribution in [2.24, 2.45) is 0 Å². The van der Waals surface area contributed by atoms with Crippen molar-refractivity contribution < 1.29 is 0 Å². The van der Waals surface area contributed by atoms with Crippen molar-refractivity contribution >= 4 is 11.8 Å². The van der Waals surface area contributed by atoms with Gasteiger partial charge in [-0.3, -0.25) is 0 Å². The molecular weight excluding hydrogens is 178 g/mol. The van der Waals surface area contributed by atoms with Crippen LogP contribution >= 0.6 is 11.8 Å². The van der Waals surface area contributed by atoms with Crippen LogP contribution in [0.15, 0.2) is 23.1 Å². The SMILES string of the molecule is Cc1ccc2c(c1)CNCCCS2. The second kappa shape index (κ2) is 4.16. The molecule has 0 bridgehead atoms. The quantitative estimate of drug-likeness (QED) is 0.679. The lowest BCUT2D eigenvalue weighted by atomic mass is 10.1. The summed E-state index contributed by atoms with van der Waals surface area (Å²) < 4.78 is 0. The van der Waals surface area contributed by atoms with Crippen molar-refractivity contribution in [1.29, 1.82) is 0 Å². The molecule has 0 spiro atoms. The number of thioether (sulfide) groups is 1. The van der Waals surface area contributed by atoms with E-state index in [9.17, 15) is 0 Å². The predicted octanol–water partition coefficient (Wildman–Crippen LogP) is 2.58. The standard InChI is InChI=1S/C11H15NS/c1-9-3-4-11-10(7-9)8-12-5-2-6-13-11/h3-4,7,12H,2,5-6,8H2,1H3. The summed E-state index contributed by atoms with van der Waals surface area (Å²) in [5.74, 6) is 1.24. The molecule has 0 radical (unpaired) electrons. The van der Waals surface area contributed by atoms with Crippen LogP contribution < -0.4 is 5.32 Å². The molecule has 0 amide bonds. The number of hydrogen-bond acceptors (Lipinski definition) is 2. The average molecular weight is 193 g/mol. The Morgan fingerprint density at radius 3 is 3.23 bits per heavy atom. The van der Waals surface area contributed by atoms with Crippen LogP contribution in [-0.4, -0.2) is 12.3 Å². The van der Waals surface area contributed by atoms with Gasteiger partial charge in [0.25, 0.3) is 0 Å². The highest BCUT2D eigenvalue weighted by atomic mass is 32.2. The Balaban J connectivity index is 2.28. The number of aryl methyl sites for hydroxylation is 1. The summed E-state index contributed by atoms with van der Waals surface area (Å²) in [5.41, 5.74) is 2.83. The van der Waals surface area contributed by atoms with Gasteiger partial charge in [0.2, 0.25) is 0 Å². The van der Waals surface area contributed by atoms with Gasteiger partial charge in [0.1, 0.15) is 0 Å². The molecule has 2 rings (SSSR count). The highest BCUT2D eigenvalue weighted by Gasteiger charge is 2.05. The number of rotatable bonds is 0. The van der Waals surface area contributed by atoms with Gasteiger partial charge in [0.15, 0.2) is 0 Å². The lowest BCUT2D eigenvalue weighted by Crippen LogP contribution is -2.17. The van der Waals surface area contributed by atoms with E-state index in [4.69, 9.17) is 0 Å². The Morgan fingerprint density at radius 1 is 1.38 bits per heavy atom. The maximum Gasteiger partial charge on any atom is 0.0216 e. The maximum atomic E-state index is 3.46. The van der Waals surface area contributed by atoms with Crippen LogP contribution in [0.3, 0.4) is 0 Å². The lowest BCUT2D eigenvalue weighted by Gasteiger charge is -2.14. The van der Waals surface area contributed by atoms with E-state index in [1.54, 1.807) is 0 Å². The van der Waals surface area contributed by atoms with E-state index >= 15 is 0 Å². The van der Waals surface area contributed by atoms with Crippen molar-refractivity contribution in [3.8, 4) is 0 Å². The molecule has 1 N–H and O–H groups in total. The predicted molar refractivity (Wildman–Crippen MR) is 58.2 cm³/mol. The van der Waals surface area contributed by atoms with E-state index < -0.39 is 0 Å². The molecule has 0 aliphatic carbocycles. The third-order valence-electron chi connectivity index (χ3n) is 2.29. The minimum absolute atomic E-state index is 1.03. The summed E-state index contributed by atoms with van der Waals surface area (Å²) >= 11 is 1.99. The molecule has 0 atom stereocenters. The van der Waals surface area contributed by atoms with Crippen LogP contribution in [0.5, 0.6) is 0 Å². The molecule has 0 fully saturated rings. The summed E-state index contributed by atoms with van der Waals surface area (Å²) in [6.45, 7) is 4.34. The van der Waals surface area contributed by atoms with Crippen LogP contribution in [-0.2, 0) is 6.54 Å².